The minimum Gasteiger partial charge on any atom is -0.323 e. The molecule has 0 aromatic heterocycles. The van der Waals surface area contributed by atoms with E-state index < -0.39 is 10.0 Å². The van der Waals surface area contributed by atoms with E-state index in [1.807, 2.05) is 42.5 Å². The van der Waals surface area contributed by atoms with Gasteiger partial charge in [-0.25, -0.2) is 13.1 Å². The Morgan fingerprint density at radius 3 is 2.45 bits per heavy atom. The van der Waals surface area contributed by atoms with Gasteiger partial charge in [-0.05, 0) is 40.1 Å². The maximum Gasteiger partial charge on any atom is 0.248 e. The normalized spacial score (nSPS) is 11.6. The first-order valence-corrected chi connectivity index (χ1v) is 10.8. The predicted octanol–water partition coefficient (Wildman–Crippen LogP) is 4.10. The summed E-state index contributed by atoms with van der Waals surface area (Å²) in [5.74, 6) is -0.387. The standard InChI is InChI=1S/C23H22N2O3S/c1-2-16-24-29(27,28)17-18-10-13-21(14-11-18)25-23(26)15-12-20-8-5-7-19-6-3-4-9-22(19)20/h2-15,24H,1,16-17H2,(H,25,26)/b15-12+. The molecule has 0 atom stereocenters. The molecule has 29 heavy (non-hydrogen) atoms. The number of carbonyl (C=O) groups excluding carboxylic acids is 1. The van der Waals surface area contributed by atoms with E-state index in [4.69, 9.17) is 0 Å². The molecule has 5 nitrogen and oxygen atoms in total. The fourth-order valence-electron chi connectivity index (χ4n) is 2.89. The van der Waals surface area contributed by atoms with E-state index in [1.54, 1.807) is 30.3 Å². The quantitative estimate of drug-likeness (QED) is 0.437. The second-order valence-electron chi connectivity index (χ2n) is 6.48. The lowest BCUT2D eigenvalue weighted by Gasteiger charge is -2.07. The van der Waals surface area contributed by atoms with Gasteiger partial charge >= 0.3 is 0 Å². The number of hydrogen-bond acceptors (Lipinski definition) is 3. The zero-order chi connectivity index (χ0) is 20.7. The molecule has 0 radical (unpaired) electrons. The molecule has 0 aliphatic carbocycles. The third kappa shape index (κ3) is 5.88. The summed E-state index contributed by atoms with van der Waals surface area (Å²) in [6.07, 6.45) is 4.76. The van der Waals surface area contributed by atoms with E-state index >= 15 is 0 Å². The largest absolute Gasteiger partial charge is 0.323 e. The SMILES string of the molecule is C=CCNS(=O)(=O)Cc1ccc(NC(=O)/C=C/c2cccc3ccccc23)cc1. The maximum absolute atomic E-state index is 12.2. The van der Waals surface area contributed by atoms with Crippen molar-refractivity contribution in [2.75, 3.05) is 11.9 Å². The molecule has 0 saturated carbocycles. The highest BCUT2D eigenvalue weighted by Gasteiger charge is 2.10. The fraction of sp³-hybridized carbons (Fsp3) is 0.0870. The Morgan fingerprint density at radius 1 is 0.966 bits per heavy atom. The van der Waals surface area contributed by atoms with Crippen LogP contribution in [-0.4, -0.2) is 20.9 Å². The molecule has 0 saturated heterocycles. The van der Waals surface area contributed by atoms with Crippen molar-refractivity contribution in [3.63, 3.8) is 0 Å². The highest BCUT2D eigenvalue weighted by molar-refractivity contribution is 7.88. The van der Waals surface area contributed by atoms with Gasteiger partial charge in [0, 0.05) is 18.3 Å². The molecule has 3 aromatic rings. The minimum atomic E-state index is -3.41. The Labute approximate surface area is 170 Å². The zero-order valence-corrected chi connectivity index (χ0v) is 16.7. The maximum atomic E-state index is 12.2. The van der Waals surface area contributed by atoms with Crippen molar-refractivity contribution in [2.45, 2.75) is 5.75 Å². The molecule has 0 fully saturated rings. The topological polar surface area (TPSA) is 75.3 Å². The van der Waals surface area contributed by atoms with Gasteiger partial charge in [0.25, 0.3) is 0 Å². The molecule has 1 amide bonds. The first kappa shape index (κ1) is 20.5. The third-order valence-corrected chi connectivity index (χ3v) is 5.58. The van der Waals surface area contributed by atoms with Crippen LogP contribution in [0.15, 0.2) is 85.5 Å². The van der Waals surface area contributed by atoms with Crippen LogP contribution in [0, 0.1) is 0 Å². The number of carbonyl (C=O) groups is 1. The van der Waals surface area contributed by atoms with Crippen LogP contribution in [0.3, 0.4) is 0 Å². The number of nitrogens with one attached hydrogen (secondary N) is 2. The van der Waals surface area contributed by atoms with Crippen molar-refractivity contribution in [2.24, 2.45) is 0 Å². The van der Waals surface area contributed by atoms with Crippen LogP contribution in [0.25, 0.3) is 16.8 Å². The lowest BCUT2D eigenvalue weighted by molar-refractivity contribution is -0.111. The smallest absolute Gasteiger partial charge is 0.248 e. The summed E-state index contributed by atoms with van der Waals surface area (Å²) >= 11 is 0. The van der Waals surface area contributed by atoms with Crippen LogP contribution >= 0.6 is 0 Å². The molecule has 0 unspecified atom stereocenters. The molecule has 0 spiro atoms. The van der Waals surface area contributed by atoms with Crippen molar-refractivity contribution < 1.29 is 13.2 Å². The number of rotatable bonds is 8. The van der Waals surface area contributed by atoms with Crippen LogP contribution < -0.4 is 10.0 Å². The van der Waals surface area contributed by atoms with Gasteiger partial charge in [-0.1, -0.05) is 60.7 Å². The van der Waals surface area contributed by atoms with E-state index in [0.717, 1.165) is 16.3 Å². The zero-order valence-electron chi connectivity index (χ0n) is 15.8. The van der Waals surface area contributed by atoms with Gasteiger partial charge in [0.15, 0.2) is 0 Å². The predicted molar refractivity (Wildman–Crippen MR) is 119 cm³/mol. The molecule has 3 rings (SSSR count). The van der Waals surface area contributed by atoms with E-state index in [2.05, 4.69) is 16.6 Å². The Morgan fingerprint density at radius 2 is 1.69 bits per heavy atom. The molecule has 0 aliphatic rings. The van der Waals surface area contributed by atoms with E-state index in [0.29, 0.717) is 11.3 Å². The van der Waals surface area contributed by atoms with Crippen molar-refractivity contribution in [1.29, 1.82) is 0 Å². The van der Waals surface area contributed by atoms with E-state index in [9.17, 15) is 13.2 Å². The highest BCUT2D eigenvalue weighted by Crippen LogP contribution is 2.19. The summed E-state index contributed by atoms with van der Waals surface area (Å²) in [4.78, 5) is 12.2. The number of fused-ring (bicyclic) bond motifs is 1. The second-order valence-corrected chi connectivity index (χ2v) is 8.29. The summed E-state index contributed by atoms with van der Waals surface area (Å²) < 4.78 is 26.2. The van der Waals surface area contributed by atoms with Crippen LogP contribution in [0.2, 0.25) is 0 Å². The summed E-state index contributed by atoms with van der Waals surface area (Å²) in [7, 11) is -3.41. The number of hydrogen-bond donors (Lipinski definition) is 2. The molecule has 6 heteroatoms. The summed E-state index contributed by atoms with van der Waals surface area (Å²) in [6.45, 7) is 3.68. The van der Waals surface area contributed by atoms with Crippen LogP contribution in [-0.2, 0) is 20.6 Å². The summed E-state index contributed by atoms with van der Waals surface area (Å²) in [5, 5.41) is 4.97. The lowest BCUT2D eigenvalue weighted by Crippen LogP contribution is -2.25. The van der Waals surface area contributed by atoms with Gasteiger partial charge in [0.05, 0.1) is 5.75 Å². The molecule has 0 heterocycles. The van der Waals surface area contributed by atoms with Crippen LogP contribution in [0.5, 0.6) is 0 Å². The van der Waals surface area contributed by atoms with Crippen molar-refractivity contribution in [1.82, 2.24) is 4.72 Å². The Hall–Kier alpha value is -3.22. The van der Waals surface area contributed by atoms with Gasteiger partial charge in [0.2, 0.25) is 15.9 Å². The Bertz CT molecular complexity index is 1140. The average Bonchev–Trinajstić information content (AvgIpc) is 2.72. The number of amides is 1. The Kier molecular flexibility index (Phi) is 6.59. The van der Waals surface area contributed by atoms with Crippen LogP contribution in [0.4, 0.5) is 5.69 Å². The highest BCUT2D eigenvalue weighted by atomic mass is 32.2. The molecule has 2 N–H and O–H groups in total. The second kappa shape index (κ2) is 9.32. The van der Waals surface area contributed by atoms with Gasteiger partial charge in [-0.15, -0.1) is 6.58 Å². The molecular weight excluding hydrogens is 384 g/mol. The van der Waals surface area contributed by atoms with Gasteiger partial charge < -0.3 is 5.32 Å². The molecule has 148 valence electrons. The lowest BCUT2D eigenvalue weighted by atomic mass is 10.0. The molecule has 0 bridgehead atoms. The fourth-order valence-corrected chi connectivity index (χ4v) is 3.99. The van der Waals surface area contributed by atoms with Gasteiger partial charge in [-0.3, -0.25) is 4.79 Å². The average molecular weight is 407 g/mol. The number of anilines is 1. The first-order valence-electron chi connectivity index (χ1n) is 9.11. The van der Waals surface area contributed by atoms with Crippen molar-refractivity contribution in [3.8, 4) is 0 Å². The van der Waals surface area contributed by atoms with Gasteiger partial charge in [0.1, 0.15) is 0 Å². The van der Waals surface area contributed by atoms with Crippen molar-refractivity contribution >= 4 is 38.5 Å². The molecule has 3 aromatic carbocycles. The van der Waals surface area contributed by atoms with E-state index in [-0.39, 0.29) is 18.2 Å². The minimum absolute atomic E-state index is 0.129. The summed E-state index contributed by atoms with van der Waals surface area (Å²) in [6, 6.07) is 20.7. The number of benzene rings is 3. The summed E-state index contributed by atoms with van der Waals surface area (Å²) in [5.41, 5.74) is 2.19. The van der Waals surface area contributed by atoms with Crippen LogP contribution in [0.1, 0.15) is 11.1 Å². The number of sulfonamides is 1. The monoisotopic (exact) mass is 406 g/mol. The first-order chi connectivity index (χ1) is 14.0. The van der Waals surface area contributed by atoms with Crippen molar-refractivity contribution in [3.05, 3.63) is 96.6 Å². The van der Waals surface area contributed by atoms with E-state index in [1.165, 1.54) is 12.2 Å². The third-order valence-electron chi connectivity index (χ3n) is 4.26. The molecule has 0 aliphatic heterocycles. The molecular formula is C23H22N2O3S. The van der Waals surface area contributed by atoms with Gasteiger partial charge in [-0.2, -0.15) is 0 Å². The Balaban J connectivity index is 1.63.